The summed E-state index contributed by atoms with van der Waals surface area (Å²) in [6, 6.07) is 18.6. The number of para-hydroxylation sites is 1. The van der Waals surface area contributed by atoms with Crippen molar-refractivity contribution in [2.45, 2.75) is 0 Å². The van der Waals surface area contributed by atoms with Crippen molar-refractivity contribution in [2.75, 3.05) is 12.0 Å². The molecule has 6 heteroatoms. The van der Waals surface area contributed by atoms with E-state index in [4.69, 9.17) is 4.74 Å². The molecule has 0 bridgehead atoms. The number of aromatic nitrogens is 2. The molecule has 128 valence electrons. The Morgan fingerprint density at radius 3 is 2.62 bits per heavy atom. The molecule has 5 nitrogen and oxygen atoms in total. The van der Waals surface area contributed by atoms with Gasteiger partial charge in [0.1, 0.15) is 5.75 Å². The van der Waals surface area contributed by atoms with Crippen molar-refractivity contribution in [3.8, 4) is 5.75 Å². The third kappa shape index (κ3) is 3.02. The molecule has 26 heavy (non-hydrogen) atoms. The normalized spacial score (nSPS) is 10.7. The summed E-state index contributed by atoms with van der Waals surface area (Å²) >= 11 is 1.47. The van der Waals surface area contributed by atoms with Gasteiger partial charge in [-0.2, -0.15) is 0 Å². The molecule has 0 spiro atoms. The second kappa shape index (κ2) is 6.93. The van der Waals surface area contributed by atoms with Crippen molar-refractivity contribution in [2.24, 2.45) is 0 Å². The zero-order chi connectivity index (χ0) is 17.9. The van der Waals surface area contributed by atoms with Gasteiger partial charge in [0.05, 0.1) is 23.0 Å². The maximum Gasteiger partial charge on any atom is 0.264 e. The van der Waals surface area contributed by atoms with Crippen LogP contribution in [0.4, 0.5) is 10.8 Å². The van der Waals surface area contributed by atoms with Gasteiger partial charge >= 0.3 is 0 Å². The van der Waals surface area contributed by atoms with Gasteiger partial charge in [-0.25, -0.2) is 4.98 Å². The molecule has 4 aromatic rings. The lowest BCUT2D eigenvalue weighted by Crippen LogP contribution is -2.25. The van der Waals surface area contributed by atoms with Gasteiger partial charge in [-0.15, -0.1) is 0 Å². The number of carbonyl (C=O) groups is 1. The molecule has 0 saturated heterocycles. The SMILES string of the molecule is COc1cccc(N(C(=O)c2ccncc2)c2nc3ccccc3s2)c1. The van der Waals surface area contributed by atoms with Crippen molar-refractivity contribution in [1.29, 1.82) is 0 Å². The lowest BCUT2D eigenvalue weighted by Gasteiger charge is -2.20. The summed E-state index contributed by atoms with van der Waals surface area (Å²) in [6.45, 7) is 0. The van der Waals surface area contributed by atoms with Gasteiger partial charge in [-0.05, 0) is 36.4 Å². The topological polar surface area (TPSA) is 55.3 Å². The van der Waals surface area contributed by atoms with E-state index in [9.17, 15) is 4.79 Å². The van der Waals surface area contributed by atoms with E-state index < -0.39 is 0 Å². The Balaban J connectivity index is 1.87. The first-order chi connectivity index (χ1) is 12.8. The van der Waals surface area contributed by atoms with Crippen LogP contribution < -0.4 is 9.64 Å². The number of hydrogen-bond donors (Lipinski definition) is 0. The number of ether oxygens (including phenoxy) is 1. The van der Waals surface area contributed by atoms with Gasteiger partial charge in [0, 0.05) is 24.0 Å². The van der Waals surface area contributed by atoms with Crippen LogP contribution in [0.5, 0.6) is 5.75 Å². The molecular formula is C20H15N3O2S. The minimum Gasteiger partial charge on any atom is -0.497 e. The van der Waals surface area contributed by atoms with Crippen LogP contribution in [0.1, 0.15) is 10.4 Å². The maximum atomic E-state index is 13.2. The van der Waals surface area contributed by atoms with Crippen LogP contribution in [0, 0.1) is 0 Å². The quantitative estimate of drug-likeness (QED) is 0.530. The Kier molecular flexibility index (Phi) is 4.33. The largest absolute Gasteiger partial charge is 0.497 e. The lowest BCUT2D eigenvalue weighted by molar-refractivity contribution is 0.0999. The van der Waals surface area contributed by atoms with Gasteiger partial charge in [-0.3, -0.25) is 14.7 Å². The van der Waals surface area contributed by atoms with Crippen molar-refractivity contribution < 1.29 is 9.53 Å². The van der Waals surface area contributed by atoms with E-state index in [0.29, 0.717) is 22.1 Å². The average molecular weight is 361 g/mol. The predicted octanol–water partition coefficient (Wildman–Crippen LogP) is 4.68. The fourth-order valence-electron chi connectivity index (χ4n) is 2.64. The van der Waals surface area contributed by atoms with E-state index in [0.717, 1.165) is 10.2 Å². The first-order valence-electron chi connectivity index (χ1n) is 8.00. The Labute approximate surface area is 154 Å². The fourth-order valence-corrected chi connectivity index (χ4v) is 3.63. The number of thiazole rings is 1. The van der Waals surface area contributed by atoms with Crippen LogP contribution in [-0.2, 0) is 0 Å². The van der Waals surface area contributed by atoms with E-state index in [2.05, 4.69) is 9.97 Å². The molecule has 0 N–H and O–H groups in total. The Bertz CT molecular complexity index is 1030. The van der Waals surface area contributed by atoms with Gasteiger partial charge in [0.25, 0.3) is 5.91 Å². The van der Waals surface area contributed by atoms with Gasteiger partial charge in [0.15, 0.2) is 5.13 Å². The smallest absolute Gasteiger partial charge is 0.264 e. The molecule has 0 aliphatic heterocycles. The summed E-state index contributed by atoms with van der Waals surface area (Å²) in [5.41, 5.74) is 2.11. The van der Waals surface area contributed by atoms with Gasteiger partial charge in [-0.1, -0.05) is 29.5 Å². The molecule has 0 fully saturated rings. The van der Waals surface area contributed by atoms with Gasteiger partial charge in [0.2, 0.25) is 0 Å². The number of amides is 1. The molecule has 0 atom stereocenters. The summed E-state index contributed by atoms with van der Waals surface area (Å²) in [7, 11) is 1.60. The summed E-state index contributed by atoms with van der Waals surface area (Å²) in [6.07, 6.45) is 3.21. The molecule has 2 aromatic carbocycles. The molecule has 0 aliphatic carbocycles. The lowest BCUT2D eigenvalue weighted by atomic mass is 10.2. The molecule has 0 saturated carbocycles. The van der Waals surface area contributed by atoms with Crippen LogP contribution in [0.15, 0.2) is 73.1 Å². The molecule has 0 unspecified atom stereocenters. The molecule has 0 aliphatic rings. The maximum absolute atomic E-state index is 13.2. The van der Waals surface area contributed by atoms with Crippen LogP contribution >= 0.6 is 11.3 Å². The van der Waals surface area contributed by atoms with Crippen LogP contribution in [0.2, 0.25) is 0 Å². The number of hydrogen-bond acceptors (Lipinski definition) is 5. The van der Waals surface area contributed by atoms with Crippen LogP contribution in [0.25, 0.3) is 10.2 Å². The number of rotatable bonds is 4. The van der Waals surface area contributed by atoms with Crippen LogP contribution in [0.3, 0.4) is 0 Å². The monoisotopic (exact) mass is 361 g/mol. The van der Waals surface area contributed by atoms with Crippen molar-refractivity contribution in [3.63, 3.8) is 0 Å². The highest BCUT2D eigenvalue weighted by atomic mass is 32.1. The van der Waals surface area contributed by atoms with E-state index in [1.54, 1.807) is 36.5 Å². The van der Waals surface area contributed by atoms with Crippen molar-refractivity contribution in [3.05, 3.63) is 78.6 Å². The second-order valence-electron chi connectivity index (χ2n) is 5.54. The number of fused-ring (bicyclic) bond motifs is 1. The molecule has 2 heterocycles. The highest BCUT2D eigenvalue weighted by molar-refractivity contribution is 7.22. The summed E-state index contributed by atoms with van der Waals surface area (Å²) in [4.78, 5) is 23.5. The number of carbonyl (C=O) groups excluding carboxylic acids is 1. The Morgan fingerprint density at radius 1 is 1.04 bits per heavy atom. The van der Waals surface area contributed by atoms with Crippen LogP contribution in [-0.4, -0.2) is 23.0 Å². The third-order valence-corrected chi connectivity index (χ3v) is 4.94. The Hall–Kier alpha value is -3.25. The number of anilines is 2. The molecule has 2 aromatic heterocycles. The van der Waals surface area contributed by atoms with Gasteiger partial charge < -0.3 is 4.74 Å². The highest BCUT2D eigenvalue weighted by Crippen LogP contribution is 2.35. The number of benzene rings is 2. The standard InChI is InChI=1S/C20H15N3O2S/c1-25-16-6-4-5-15(13-16)23(19(24)14-9-11-21-12-10-14)20-22-17-7-2-3-8-18(17)26-20/h2-13H,1H3. The summed E-state index contributed by atoms with van der Waals surface area (Å²) in [5, 5.41) is 0.612. The number of methoxy groups -OCH3 is 1. The molecule has 1 amide bonds. The zero-order valence-electron chi connectivity index (χ0n) is 14.0. The number of pyridine rings is 1. The fraction of sp³-hybridized carbons (Fsp3) is 0.0500. The minimum atomic E-state index is -0.167. The Morgan fingerprint density at radius 2 is 1.85 bits per heavy atom. The van der Waals surface area contributed by atoms with E-state index in [-0.39, 0.29) is 5.91 Å². The van der Waals surface area contributed by atoms with Crippen molar-refractivity contribution >= 4 is 38.3 Å². The van der Waals surface area contributed by atoms with Crippen molar-refractivity contribution in [1.82, 2.24) is 9.97 Å². The molecular weight excluding hydrogens is 346 g/mol. The average Bonchev–Trinajstić information content (AvgIpc) is 3.12. The van der Waals surface area contributed by atoms with E-state index >= 15 is 0 Å². The predicted molar refractivity (Wildman–Crippen MR) is 103 cm³/mol. The molecule has 4 rings (SSSR count). The second-order valence-corrected chi connectivity index (χ2v) is 6.55. The number of nitrogens with zero attached hydrogens (tertiary/aromatic N) is 3. The first-order valence-corrected chi connectivity index (χ1v) is 8.82. The summed E-state index contributed by atoms with van der Waals surface area (Å²) in [5.74, 6) is 0.510. The molecule has 0 radical (unpaired) electrons. The zero-order valence-corrected chi connectivity index (χ0v) is 14.8. The first kappa shape index (κ1) is 16.2. The third-order valence-electron chi connectivity index (χ3n) is 3.92. The van der Waals surface area contributed by atoms with E-state index in [1.165, 1.54) is 11.3 Å². The summed E-state index contributed by atoms with van der Waals surface area (Å²) < 4.78 is 6.35. The minimum absolute atomic E-state index is 0.167. The highest BCUT2D eigenvalue weighted by Gasteiger charge is 2.23. The van der Waals surface area contributed by atoms with E-state index in [1.807, 2.05) is 48.5 Å².